The van der Waals surface area contributed by atoms with Crippen molar-refractivity contribution in [3.05, 3.63) is 129 Å². The summed E-state index contributed by atoms with van der Waals surface area (Å²) in [5.74, 6) is -4.72. The first-order chi connectivity index (χ1) is 22.9. The van der Waals surface area contributed by atoms with Gasteiger partial charge in [-0.05, 0) is 69.5 Å². The molecule has 4 aromatic rings. The SMILES string of the molecule is CC(C)(C)CC1C(c2cc(Cl)ccc2F)C(c2cccc(Cl)c2F)C(C(=O)O)N1CNC(=O)OCC1c2ccccc2-c2ccccc21. The van der Waals surface area contributed by atoms with Crippen LogP contribution >= 0.6 is 23.2 Å². The maximum absolute atomic E-state index is 15.8. The van der Waals surface area contributed by atoms with Crippen LogP contribution in [0.4, 0.5) is 13.6 Å². The molecule has 4 atom stereocenters. The molecule has 1 saturated heterocycles. The summed E-state index contributed by atoms with van der Waals surface area (Å²) in [6.45, 7) is 5.78. The lowest BCUT2D eigenvalue weighted by atomic mass is 9.74. The number of halogens is 4. The molecule has 1 heterocycles. The number of nitrogens with zero attached hydrogens (tertiary/aromatic N) is 1. The second-order valence-electron chi connectivity index (χ2n) is 13.7. The van der Waals surface area contributed by atoms with E-state index in [0.717, 1.165) is 22.3 Å². The van der Waals surface area contributed by atoms with Crippen LogP contribution in [0.3, 0.4) is 0 Å². The summed E-state index contributed by atoms with van der Waals surface area (Å²) in [6.07, 6.45) is -0.350. The minimum Gasteiger partial charge on any atom is -0.480 e. The number of hydrogen-bond donors (Lipinski definition) is 2. The highest BCUT2D eigenvalue weighted by molar-refractivity contribution is 6.31. The molecular weight excluding hydrogens is 657 g/mol. The molecule has 6 nitrogen and oxygen atoms in total. The van der Waals surface area contributed by atoms with Crippen molar-refractivity contribution >= 4 is 35.3 Å². The Balaban J connectivity index is 1.33. The van der Waals surface area contributed by atoms with Crippen molar-refractivity contribution in [2.24, 2.45) is 5.41 Å². The van der Waals surface area contributed by atoms with Gasteiger partial charge in [0.1, 0.15) is 24.3 Å². The van der Waals surface area contributed by atoms with E-state index in [4.69, 9.17) is 27.9 Å². The van der Waals surface area contributed by atoms with Crippen LogP contribution in [0, 0.1) is 17.0 Å². The lowest BCUT2D eigenvalue weighted by molar-refractivity contribution is -0.143. The Bertz CT molecular complexity index is 1820. The summed E-state index contributed by atoms with van der Waals surface area (Å²) < 4.78 is 37.2. The zero-order chi connectivity index (χ0) is 34.3. The molecule has 0 aromatic heterocycles. The number of carbonyl (C=O) groups excluding carboxylic acids is 1. The fraction of sp³-hybridized carbons (Fsp3) is 0.316. The first-order valence-electron chi connectivity index (χ1n) is 15.8. The number of carboxylic acid groups (broad SMARTS) is 1. The van der Waals surface area contributed by atoms with Crippen molar-refractivity contribution in [3.8, 4) is 11.1 Å². The molecule has 48 heavy (non-hydrogen) atoms. The van der Waals surface area contributed by atoms with E-state index in [9.17, 15) is 14.7 Å². The Hall–Kier alpha value is -3.98. The quantitative estimate of drug-likeness (QED) is 0.193. The Morgan fingerprint density at radius 2 is 1.48 bits per heavy atom. The van der Waals surface area contributed by atoms with Crippen molar-refractivity contribution in [3.63, 3.8) is 0 Å². The van der Waals surface area contributed by atoms with Gasteiger partial charge in [0.2, 0.25) is 0 Å². The van der Waals surface area contributed by atoms with Crippen molar-refractivity contribution in [2.75, 3.05) is 13.3 Å². The first kappa shape index (κ1) is 33.9. The number of rotatable bonds is 8. The molecule has 1 amide bonds. The van der Waals surface area contributed by atoms with Gasteiger partial charge in [0.25, 0.3) is 0 Å². The Kier molecular flexibility index (Phi) is 9.53. The van der Waals surface area contributed by atoms with Crippen molar-refractivity contribution in [1.29, 1.82) is 0 Å². The van der Waals surface area contributed by atoms with Crippen LogP contribution in [0.25, 0.3) is 11.1 Å². The molecule has 1 aliphatic heterocycles. The second-order valence-corrected chi connectivity index (χ2v) is 14.5. The van der Waals surface area contributed by atoms with Crippen LogP contribution in [-0.4, -0.2) is 47.4 Å². The van der Waals surface area contributed by atoms with Crippen molar-refractivity contribution in [1.82, 2.24) is 10.2 Å². The van der Waals surface area contributed by atoms with E-state index in [0.29, 0.717) is 6.42 Å². The van der Waals surface area contributed by atoms with Gasteiger partial charge < -0.3 is 15.2 Å². The van der Waals surface area contributed by atoms with E-state index in [1.165, 1.54) is 30.3 Å². The van der Waals surface area contributed by atoms with Gasteiger partial charge in [0, 0.05) is 28.8 Å². The number of hydrogen-bond acceptors (Lipinski definition) is 4. The second kappa shape index (κ2) is 13.5. The third-order valence-electron chi connectivity index (χ3n) is 9.41. The number of nitrogens with one attached hydrogen (secondary N) is 1. The normalized spacial score (nSPS) is 20.7. The number of carboxylic acids is 1. The number of alkyl carbamates (subject to hydrolysis) is 1. The molecule has 2 N–H and O–H groups in total. The van der Waals surface area contributed by atoms with Crippen LogP contribution in [0.5, 0.6) is 0 Å². The Morgan fingerprint density at radius 3 is 2.10 bits per heavy atom. The lowest BCUT2D eigenvalue weighted by Crippen LogP contribution is -2.49. The highest BCUT2D eigenvalue weighted by Gasteiger charge is 2.55. The number of amides is 1. The first-order valence-corrected chi connectivity index (χ1v) is 16.6. The monoisotopic (exact) mass is 692 g/mol. The maximum Gasteiger partial charge on any atom is 0.408 e. The molecule has 0 bridgehead atoms. The zero-order valence-electron chi connectivity index (χ0n) is 26.7. The number of benzene rings is 4. The van der Waals surface area contributed by atoms with Gasteiger partial charge in [-0.2, -0.15) is 0 Å². The Labute approximate surface area is 288 Å². The number of ether oxygens (including phenoxy) is 1. The summed E-state index contributed by atoms with van der Waals surface area (Å²) >= 11 is 12.5. The van der Waals surface area contributed by atoms with Gasteiger partial charge in [-0.15, -0.1) is 0 Å². The predicted molar refractivity (Wildman–Crippen MR) is 182 cm³/mol. The fourth-order valence-corrected chi connectivity index (χ4v) is 7.92. The fourth-order valence-electron chi connectivity index (χ4n) is 7.55. The lowest BCUT2D eigenvalue weighted by Gasteiger charge is -2.35. The highest BCUT2D eigenvalue weighted by Crippen LogP contribution is 2.53. The van der Waals surface area contributed by atoms with Crippen LogP contribution in [0.2, 0.25) is 10.0 Å². The minimum atomic E-state index is -1.36. The molecule has 0 saturated carbocycles. The molecule has 0 spiro atoms. The zero-order valence-corrected chi connectivity index (χ0v) is 28.2. The topological polar surface area (TPSA) is 78.9 Å². The van der Waals surface area contributed by atoms with Gasteiger partial charge in [-0.25, -0.2) is 13.6 Å². The molecule has 4 unspecified atom stereocenters. The molecule has 0 radical (unpaired) electrons. The van der Waals surface area contributed by atoms with Crippen LogP contribution in [0.15, 0.2) is 84.9 Å². The average molecular weight is 694 g/mol. The standard InChI is InChI=1S/C38H36Cl2F2N2O4/c1-38(2,3)18-31-32(27-17-21(39)15-16-30(27)41)33(26-13-8-14-29(40)34(26)42)35(36(45)46)44(31)20-43-37(47)48-19-28-24-11-6-4-9-22(24)23-10-5-7-12-25(23)28/h4-17,28,31-33,35H,18-20H2,1-3H3,(H,43,47)(H,45,46). The van der Waals surface area contributed by atoms with E-state index in [2.05, 4.69) is 5.32 Å². The summed E-state index contributed by atoms with van der Waals surface area (Å²) in [5, 5.41) is 13.6. The van der Waals surface area contributed by atoms with Crippen molar-refractivity contribution in [2.45, 2.75) is 57.0 Å². The Morgan fingerprint density at radius 1 is 0.854 bits per heavy atom. The number of likely N-dealkylation sites (tertiary alicyclic amines) is 1. The van der Waals surface area contributed by atoms with E-state index >= 15 is 8.78 Å². The van der Waals surface area contributed by atoms with Gasteiger partial charge in [-0.1, -0.05) is 105 Å². The van der Waals surface area contributed by atoms with Crippen LogP contribution in [-0.2, 0) is 9.53 Å². The summed E-state index contributed by atoms with van der Waals surface area (Å²) in [4.78, 5) is 28.0. The third kappa shape index (κ3) is 6.53. The summed E-state index contributed by atoms with van der Waals surface area (Å²) in [5.41, 5.74) is 4.13. The molecule has 10 heteroatoms. The molecule has 1 fully saturated rings. The number of fused-ring (bicyclic) bond motifs is 3. The average Bonchev–Trinajstić information content (AvgIpc) is 3.53. The smallest absolute Gasteiger partial charge is 0.408 e. The van der Waals surface area contributed by atoms with Gasteiger partial charge in [-0.3, -0.25) is 9.69 Å². The van der Waals surface area contributed by atoms with Gasteiger partial charge >= 0.3 is 12.1 Å². The van der Waals surface area contributed by atoms with Crippen LogP contribution in [0.1, 0.15) is 67.2 Å². The predicted octanol–water partition coefficient (Wildman–Crippen LogP) is 9.21. The molecule has 2 aliphatic rings. The number of aliphatic carboxylic acids is 1. The maximum atomic E-state index is 15.8. The molecule has 250 valence electrons. The molecular formula is C38H36Cl2F2N2O4. The number of carbonyl (C=O) groups is 2. The van der Waals surface area contributed by atoms with E-state index in [-0.39, 0.29) is 45.8 Å². The van der Waals surface area contributed by atoms with Gasteiger partial charge in [0.05, 0.1) is 11.7 Å². The minimum absolute atomic E-state index is 0.0434. The van der Waals surface area contributed by atoms with Crippen LogP contribution < -0.4 is 5.32 Å². The van der Waals surface area contributed by atoms with E-state index < -0.39 is 47.6 Å². The van der Waals surface area contributed by atoms with Gasteiger partial charge in [0.15, 0.2) is 0 Å². The summed E-state index contributed by atoms with van der Waals surface area (Å²) in [6, 6.07) is 22.5. The molecule has 6 rings (SSSR count). The van der Waals surface area contributed by atoms with E-state index in [1.807, 2.05) is 69.3 Å². The summed E-state index contributed by atoms with van der Waals surface area (Å²) in [7, 11) is 0. The molecule has 1 aliphatic carbocycles. The third-order valence-corrected chi connectivity index (χ3v) is 9.93. The van der Waals surface area contributed by atoms with Crippen molar-refractivity contribution < 1.29 is 28.2 Å². The highest BCUT2D eigenvalue weighted by atomic mass is 35.5. The largest absolute Gasteiger partial charge is 0.480 e. The van der Waals surface area contributed by atoms with E-state index in [1.54, 1.807) is 11.0 Å². The molecule has 4 aromatic carbocycles.